The van der Waals surface area contributed by atoms with E-state index in [0.717, 1.165) is 5.76 Å². The van der Waals surface area contributed by atoms with Gasteiger partial charge < -0.3 is 10.2 Å². The molecule has 24 heavy (non-hydrogen) atoms. The molecule has 3 heterocycles. The molecular weight excluding hydrogens is 322 g/mol. The molecule has 7 heteroatoms. The Balaban J connectivity index is 2.12. The number of nitrogen functional groups attached to an aromatic ring is 1. The Bertz CT molecular complexity index is 940. The van der Waals surface area contributed by atoms with Crippen LogP contribution in [-0.2, 0) is 5.75 Å². The van der Waals surface area contributed by atoms with E-state index in [4.69, 9.17) is 10.2 Å². The monoisotopic (exact) mass is 333 g/mol. The topological polar surface area (TPSA) is 113 Å². The first-order valence-electron chi connectivity index (χ1n) is 6.94. The van der Waals surface area contributed by atoms with Gasteiger partial charge in [0.1, 0.15) is 34.3 Å². The zero-order chi connectivity index (χ0) is 16.9. The van der Waals surface area contributed by atoms with Crippen molar-refractivity contribution < 1.29 is 4.42 Å². The first-order valence-corrected chi connectivity index (χ1v) is 7.92. The van der Waals surface area contributed by atoms with Gasteiger partial charge in [-0.05, 0) is 29.8 Å². The molecule has 0 saturated heterocycles. The minimum absolute atomic E-state index is 0.102. The maximum Gasteiger partial charge on any atom is 0.143 e. The molecule has 0 radical (unpaired) electrons. The van der Waals surface area contributed by atoms with Crippen LogP contribution in [0.4, 0.5) is 5.82 Å². The van der Waals surface area contributed by atoms with E-state index in [1.54, 1.807) is 36.9 Å². The van der Waals surface area contributed by atoms with Crippen molar-refractivity contribution in [2.45, 2.75) is 10.8 Å². The summed E-state index contributed by atoms with van der Waals surface area (Å²) in [5, 5.41) is 19.5. The van der Waals surface area contributed by atoms with Gasteiger partial charge >= 0.3 is 0 Å². The molecule has 0 aromatic carbocycles. The molecule has 116 valence electrons. The number of hydrogen-bond donors (Lipinski definition) is 1. The molecule has 0 unspecified atom stereocenters. The Morgan fingerprint density at radius 3 is 2.50 bits per heavy atom. The van der Waals surface area contributed by atoms with Crippen LogP contribution in [0.15, 0.2) is 52.4 Å². The van der Waals surface area contributed by atoms with Gasteiger partial charge in [0.25, 0.3) is 0 Å². The van der Waals surface area contributed by atoms with Crippen molar-refractivity contribution in [3.63, 3.8) is 0 Å². The molecule has 0 fully saturated rings. The average Bonchev–Trinajstić information content (AvgIpc) is 3.13. The van der Waals surface area contributed by atoms with Gasteiger partial charge in [-0.15, -0.1) is 0 Å². The summed E-state index contributed by atoms with van der Waals surface area (Å²) in [7, 11) is 0. The number of aromatic nitrogens is 2. The summed E-state index contributed by atoms with van der Waals surface area (Å²) in [6.45, 7) is 0. The van der Waals surface area contributed by atoms with E-state index >= 15 is 0 Å². The standard InChI is InChI=1S/C17H11N5OS/c18-8-13-15(11-3-5-21-6-4-11)14(9-19)17(22-16(13)20)24-10-12-2-1-7-23-12/h1-7H,10H2,(H2,20,22). The molecule has 0 aliphatic rings. The molecule has 0 spiro atoms. The van der Waals surface area contributed by atoms with Crippen LogP contribution in [0.2, 0.25) is 0 Å². The Hall–Kier alpha value is -3.29. The summed E-state index contributed by atoms with van der Waals surface area (Å²) in [5.74, 6) is 1.37. The molecule has 6 nitrogen and oxygen atoms in total. The highest BCUT2D eigenvalue weighted by molar-refractivity contribution is 7.98. The largest absolute Gasteiger partial charge is 0.468 e. The van der Waals surface area contributed by atoms with Crippen molar-refractivity contribution in [2.75, 3.05) is 5.73 Å². The fourth-order valence-corrected chi connectivity index (χ4v) is 3.14. The minimum Gasteiger partial charge on any atom is -0.468 e. The van der Waals surface area contributed by atoms with E-state index in [9.17, 15) is 10.5 Å². The van der Waals surface area contributed by atoms with E-state index in [1.807, 2.05) is 12.1 Å². The highest BCUT2D eigenvalue weighted by Crippen LogP contribution is 2.36. The zero-order valence-corrected chi connectivity index (χ0v) is 13.2. The lowest BCUT2D eigenvalue weighted by Gasteiger charge is -2.12. The number of rotatable bonds is 4. The smallest absolute Gasteiger partial charge is 0.143 e. The molecule has 3 aromatic heterocycles. The lowest BCUT2D eigenvalue weighted by molar-refractivity contribution is 0.530. The molecule has 0 amide bonds. The number of thioether (sulfide) groups is 1. The second-order valence-corrected chi connectivity index (χ2v) is 5.72. The van der Waals surface area contributed by atoms with Crippen LogP contribution in [0, 0.1) is 22.7 Å². The van der Waals surface area contributed by atoms with Gasteiger partial charge in [0.15, 0.2) is 0 Å². The molecule has 0 saturated carbocycles. The van der Waals surface area contributed by atoms with Crippen LogP contribution in [0.3, 0.4) is 0 Å². The first kappa shape index (κ1) is 15.6. The summed E-state index contributed by atoms with van der Waals surface area (Å²) in [6, 6.07) is 11.3. The number of anilines is 1. The summed E-state index contributed by atoms with van der Waals surface area (Å²) in [6.07, 6.45) is 4.79. The van der Waals surface area contributed by atoms with Crippen LogP contribution in [0.5, 0.6) is 0 Å². The van der Waals surface area contributed by atoms with Crippen molar-refractivity contribution >= 4 is 17.6 Å². The second kappa shape index (κ2) is 6.86. The molecule has 0 atom stereocenters. The Morgan fingerprint density at radius 2 is 1.88 bits per heavy atom. The predicted octanol–water partition coefficient (Wildman–Crippen LogP) is 3.35. The third-order valence-electron chi connectivity index (χ3n) is 3.32. The van der Waals surface area contributed by atoms with Gasteiger partial charge in [0.05, 0.1) is 17.6 Å². The van der Waals surface area contributed by atoms with Gasteiger partial charge in [-0.3, -0.25) is 4.98 Å². The minimum atomic E-state index is 0.102. The number of nitrogens with two attached hydrogens (primary N) is 1. The van der Waals surface area contributed by atoms with Crippen LogP contribution in [0.25, 0.3) is 11.1 Å². The first-order chi connectivity index (χ1) is 11.7. The lowest BCUT2D eigenvalue weighted by atomic mass is 9.98. The maximum atomic E-state index is 9.64. The van der Waals surface area contributed by atoms with Gasteiger partial charge in [0.2, 0.25) is 0 Å². The van der Waals surface area contributed by atoms with Crippen molar-refractivity contribution in [3.8, 4) is 23.3 Å². The van der Waals surface area contributed by atoms with Crippen molar-refractivity contribution in [2.24, 2.45) is 0 Å². The van der Waals surface area contributed by atoms with Gasteiger partial charge in [-0.25, -0.2) is 4.98 Å². The second-order valence-electron chi connectivity index (χ2n) is 4.75. The molecule has 2 N–H and O–H groups in total. The summed E-state index contributed by atoms with van der Waals surface area (Å²) < 4.78 is 5.30. The van der Waals surface area contributed by atoms with Crippen molar-refractivity contribution in [1.29, 1.82) is 10.5 Å². The quantitative estimate of drug-likeness (QED) is 0.728. The van der Waals surface area contributed by atoms with Gasteiger partial charge in [-0.2, -0.15) is 10.5 Å². The van der Waals surface area contributed by atoms with E-state index < -0.39 is 0 Å². The molecule has 0 aliphatic heterocycles. The SMILES string of the molecule is N#Cc1c(N)nc(SCc2ccco2)c(C#N)c1-c1ccncc1. The molecule has 0 bridgehead atoms. The van der Waals surface area contributed by atoms with E-state index in [1.165, 1.54) is 11.8 Å². The highest BCUT2D eigenvalue weighted by Gasteiger charge is 2.20. The third kappa shape index (κ3) is 2.94. The Labute approximate surface area is 142 Å². The third-order valence-corrected chi connectivity index (χ3v) is 4.31. The average molecular weight is 333 g/mol. The highest BCUT2D eigenvalue weighted by atomic mass is 32.2. The lowest BCUT2D eigenvalue weighted by Crippen LogP contribution is -2.03. The summed E-state index contributed by atoms with van der Waals surface area (Å²) >= 11 is 1.34. The maximum absolute atomic E-state index is 9.64. The number of furan rings is 1. The van der Waals surface area contributed by atoms with Crippen LogP contribution >= 0.6 is 11.8 Å². The zero-order valence-electron chi connectivity index (χ0n) is 12.4. The van der Waals surface area contributed by atoms with Crippen molar-refractivity contribution in [1.82, 2.24) is 9.97 Å². The molecule has 0 aliphatic carbocycles. The van der Waals surface area contributed by atoms with E-state index in [2.05, 4.69) is 16.0 Å². The van der Waals surface area contributed by atoms with Gasteiger partial charge in [-0.1, -0.05) is 11.8 Å². The molecule has 3 aromatic rings. The van der Waals surface area contributed by atoms with Gasteiger partial charge in [0, 0.05) is 18.0 Å². The summed E-state index contributed by atoms with van der Waals surface area (Å²) in [4.78, 5) is 8.21. The van der Waals surface area contributed by atoms with Crippen LogP contribution < -0.4 is 5.73 Å². The fourth-order valence-electron chi connectivity index (χ4n) is 2.24. The van der Waals surface area contributed by atoms with Crippen LogP contribution in [0.1, 0.15) is 16.9 Å². The van der Waals surface area contributed by atoms with E-state index in [0.29, 0.717) is 27.5 Å². The number of nitrogens with zero attached hydrogens (tertiary/aromatic N) is 4. The normalized spacial score (nSPS) is 10.1. The number of nitriles is 2. The Morgan fingerprint density at radius 1 is 1.12 bits per heavy atom. The molecule has 3 rings (SSSR count). The molecular formula is C17H11N5OS. The van der Waals surface area contributed by atoms with Crippen LogP contribution in [-0.4, -0.2) is 9.97 Å². The van der Waals surface area contributed by atoms with Crippen molar-refractivity contribution in [3.05, 3.63) is 59.8 Å². The summed E-state index contributed by atoms with van der Waals surface area (Å²) in [5.41, 5.74) is 7.65. The predicted molar refractivity (Wildman–Crippen MR) is 89.6 cm³/mol. The number of pyridine rings is 2. The fraction of sp³-hybridized carbons (Fsp3) is 0.0588. The number of hydrogen-bond acceptors (Lipinski definition) is 7. The van der Waals surface area contributed by atoms with E-state index in [-0.39, 0.29) is 11.4 Å². The Kier molecular flexibility index (Phi) is 4.46.